The van der Waals surface area contributed by atoms with E-state index in [-0.39, 0.29) is 0 Å². The Labute approximate surface area is 176 Å². The summed E-state index contributed by atoms with van der Waals surface area (Å²) in [5.74, 6) is 0. The summed E-state index contributed by atoms with van der Waals surface area (Å²) in [5, 5.41) is 11.6. The van der Waals surface area contributed by atoms with Crippen molar-refractivity contribution < 1.29 is 16.1 Å². The molecule has 1 rings (SSSR count). The van der Waals surface area contributed by atoms with Gasteiger partial charge < -0.3 is 0 Å². The van der Waals surface area contributed by atoms with E-state index in [1.807, 2.05) is 5.20 Å². The first kappa shape index (κ1) is 25.1. The van der Waals surface area contributed by atoms with Crippen LogP contribution in [0.1, 0.15) is 0 Å². The maximum atomic E-state index is 4.16. The van der Waals surface area contributed by atoms with Crippen molar-refractivity contribution >= 4 is 24.2 Å². The van der Waals surface area contributed by atoms with E-state index in [0.717, 1.165) is 0 Å². The quantitative estimate of drug-likeness (QED) is 0.174. The summed E-state index contributed by atoms with van der Waals surface area (Å²) >= 11 is -2.04. The van der Waals surface area contributed by atoms with E-state index in [0.29, 0.717) is 3.43 Å². The van der Waals surface area contributed by atoms with Crippen molar-refractivity contribution in [3.63, 3.8) is 0 Å². The van der Waals surface area contributed by atoms with Crippen LogP contribution in [0.2, 0.25) is 76.8 Å². The normalized spacial score (nSPS) is 22.1. The summed E-state index contributed by atoms with van der Waals surface area (Å²) in [7, 11) is -4.74. The average molecular weight is 600 g/mol. The zero-order valence-electron chi connectivity index (χ0n) is 19.4. The van der Waals surface area contributed by atoms with Crippen LogP contribution in [-0.2, 0) is 16.1 Å². The Morgan fingerprint density at radius 1 is 0.815 bits per heavy atom. The van der Waals surface area contributed by atoms with Crippen molar-refractivity contribution in [3.8, 4) is 0 Å². The van der Waals surface area contributed by atoms with Crippen LogP contribution in [0.4, 0.5) is 0 Å². The molecular formula is C23H44PtSi3. The van der Waals surface area contributed by atoms with Gasteiger partial charge in [0.1, 0.15) is 0 Å². The van der Waals surface area contributed by atoms with E-state index in [1.54, 1.807) is 5.20 Å². The fraction of sp³-hybridized carbons (Fsp3) is 0.565. The Hall–Kier alpha value is 0.0390. The number of allylic oxidation sites excluding steroid dienone is 7. The molecule has 0 spiro atoms. The molecule has 1 unspecified atom stereocenters. The molecule has 1 atom stereocenters. The van der Waals surface area contributed by atoms with Gasteiger partial charge in [-0.05, 0) is 0 Å². The second kappa shape index (κ2) is 8.42. The maximum absolute atomic E-state index is 4.16. The predicted octanol–water partition coefficient (Wildman–Crippen LogP) is 8.61. The van der Waals surface area contributed by atoms with Gasteiger partial charge in [-0.1, -0.05) is 0 Å². The molecule has 0 nitrogen and oxygen atoms in total. The molecule has 0 N–H and O–H groups in total. The molecule has 0 aliphatic heterocycles. The van der Waals surface area contributed by atoms with Crippen LogP contribution < -0.4 is 0 Å². The summed E-state index contributed by atoms with van der Waals surface area (Å²) in [6.45, 7) is 28.0. The Morgan fingerprint density at radius 3 is 1.67 bits per heavy atom. The van der Waals surface area contributed by atoms with Gasteiger partial charge in [0.25, 0.3) is 0 Å². The summed E-state index contributed by atoms with van der Waals surface area (Å²) in [6, 6.07) is 3.56. The molecule has 0 saturated carbocycles. The van der Waals surface area contributed by atoms with Crippen molar-refractivity contribution in [1.29, 1.82) is 0 Å². The molecule has 0 aromatic rings. The molecule has 0 saturated heterocycles. The van der Waals surface area contributed by atoms with Crippen molar-refractivity contribution in [1.82, 2.24) is 0 Å². The van der Waals surface area contributed by atoms with Gasteiger partial charge in [-0.15, -0.1) is 0 Å². The molecule has 0 fully saturated rings. The van der Waals surface area contributed by atoms with E-state index < -0.39 is 40.3 Å². The van der Waals surface area contributed by atoms with Crippen LogP contribution in [0, 0.1) is 0 Å². The minimum absolute atomic E-state index is 0.369. The molecule has 1 aliphatic rings. The van der Waals surface area contributed by atoms with E-state index in [4.69, 9.17) is 0 Å². The van der Waals surface area contributed by atoms with Gasteiger partial charge in [0.2, 0.25) is 0 Å². The fourth-order valence-corrected chi connectivity index (χ4v) is 40.3. The molecule has 0 radical (unpaired) electrons. The first-order valence-corrected chi connectivity index (χ1v) is 27.4. The van der Waals surface area contributed by atoms with Crippen molar-refractivity contribution in [2.24, 2.45) is 0 Å². The zero-order valence-corrected chi connectivity index (χ0v) is 24.7. The van der Waals surface area contributed by atoms with E-state index >= 15 is 0 Å². The second-order valence-electron chi connectivity index (χ2n) is 10.3. The molecule has 158 valence electrons. The monoisotopic (exact) mass is 599 g/mol. The van der Waals surface area contributed by atoms with Crippen LogP contribution in [0.5, 0.6) is 0 Å². The summed E-state index contributed by atoms with van der Waals surface area (Å²) in [6.07, 6.45) is 11.9. The van der Waals surface area contributed by atoms with Gasteiger partial charge in [-0.25, -0.2) is 0 Å². The standard InChI is InChI=1S/C20H35Si3.3CH3.Pt/c1-10-15-21(4,5)18-13-14-19(22(6,7)16-11-2)20(18)23(8,9)17-12-3;;;;/h10-14H,1-3,15-17H2,4-9H3;3*1H3;. The van der Waals surface area contributed by atoms with Gasteiger partial charge in [0, 0.05) is 0 Å². The zero-order chi connectivity index (χ0) is 21.3. The third-order valence-corrected chi connectivity index (χ3v) is 32.1. The third kappa shape index (κ3) is 4.47. The van der Waals surface area contributed by atoms with E-state index in [2.05, 4.69) is 105 Å². The van der Waals surface area contributed by atoms with Crippen LogP contribution >= 0.6 is 0 Å². The Kier molecular flexibility index (Phi) is 7.82. The van der Waals surface area contributed by atoms with Crippen LogP contribution in [-0.4, -0.2) is 24.2 Å². The van der Waals surface area contributed by atoms with Crippen LogP contribution in [0.25, 0.3) is 0 Å². The minimum atomic E-state index is -2.04. The molecule has 0 aromatic heterocycles. The molecule has 0 heterocycles. The van der Waals surface area contributed by atoms with Gasteiger partial charge in [-0.2, -0.15) is 0 Å². The molecule has 27 heavy (non-hydrogen) atoms. The number of hydrogen-bond donors (Lipinski definition) is 0. The van der Waals surface area contributed by atoms with Crippen LogP contribution in [0.15, 0.2) is 60.5 Å². The van der Waals surface area contributed by atoms with Crippen molar-refractivity contribution in [3.05, 3.63) is 60.5 Å². The Bertz CT molecular complexity index is 660. The van der Waals surface area contributed by atoms with Gasteiger partial charge in [-0.3, -0.25) is 0 Å². The Morgan fingerprint density at radius 2 is 1.26 bits per heavy atom. The van der Waals surface area contributed by atoms with Gasteiger partial charge in [0.05, 0.1) is 0 Å². The van der Waals surface area contributed by atoms with E-state index in [1.165, 1.54) is 18.1 Å². The molecular weight excluding hydrogens is 556 g/mol. The topological polar surface area (TPSA) is 0 Å². The first-order chi connectivity index (χ1) is 12.1. The van der Waals surface area contributed by atoms with Gasteiger partial charge >= 0.3 is 178 Å². The summed E-state index contributed by atoms with van der Waals surface area (Å²) in [5.41, 5.74) is 0. The van der Waals surface area contributed by atoms with Gasteiger partial charge in [0.15, 0.2) is 0 Å². The summed E-state index contributed by atoms with van der Waals surface area (Å²) in [4.78, 5) is 0. The van der Waals surface area contributed by atoms with Crippen LogP contribution in [0.3, 0.4) is 0 Å². The number of rotatable bonds is 10. The average Bonchev–Trinajstić information content (AvgIpc) is 2.90. The van der Waals surface area contributed by atoms with E-state index in [9.17, 15) is 0 Å². The number of hydrogen-bond acceptors (Lipinski definition) is 0. The molecule has 4 heteroatoms. The fourth-order valence-electron chi connectivity index (χ4n) is 4.99. The second-order valence-corrected chi connectivity index (χ2v) is 37.8. The molecule has 1 aliphatic carbocycles. The first-order valence-electron chi connectivity index (χ1n) is 9.78. The molecule has 0 amide bonds. The van der Waals surface area contributed by atoms with Crippen molar-refractivity contribution in [2.45, 2.75) is 76.8 Å². The third-order valence-electron chi connectivity index (χ3n) is 6.15. The molecule has 0 bridgehead atoms. The predicted molar refractivity (Wildman–Crippen MR) is 134 cm³/mol. The molecule has 0 aromatic carbocycles. The van der Waals surface area contributed by atoms with Crippen molar-refractivity contribution in [2.75, 3.05) is 0 Å². The summed E-state index contributed by atoms with van der Waals surface area (Å²) < 4.78 is 0.369. The SMILES string of the molecule is C=CC[Si](C)(C)C1=C([Si](C)(C)CC=C)[C]([Si](C)(C)CC=C)([Pt]([CH3])([CH3])[CH3])C=C1. The Balaban J connectivity index is 4.01.